The molecule has 84 valence electrons. The zero-order chi connectivity index (χ0) is 11.1. The third-order valence-electron chi connectivity index (χ3n) is 2.09. The molecule has 1 N–H and O–H groups in total. The van der Waals surface area contributed by atoms with E-state index in [-0.39, 0.29) is 26.3 Å². The van der Waals surface area contributed by atoms with Crippen molar-refractivity contribution in [3.63, 3.8) is 0 Å². The Hall–Kier alpha value is -0.780. The summed E-state index contributed by atoms with van der Waals surface area (Å²) in [6, 6.07) is 0. The van der Waals surface area contributed by atoms with Gasteiger partial charge in [-0.05, 0) is 0 Å². The molecule has 2 rings (SSSR count). The molecule has 2 aliphatic rings. The first-order valence-electron chi connectivity index (χ1n) is 4.24. The molecule has 0 aromatic rings. The van der Waals surface area contributed by atoms with Crippen LogP contribution in [0.2, 0.25) is 0 Å². The Morgan fingerprint density at radius 2 is 1.53 bits per heavy atom. The molecule has 0 atom stereocenters. The fourth-order valence-electron chi connectivity index (χ4n) is 1.36. The van der Waals surface area contributed by atoms with Gasteiger partial charge in [0, 0.05) is 0 Å². The van der Waals surface area contributed by atoms with Gasteiger partial charge in [0.05, 0.1) is 0 Å². The highest BCUT2D eigenvalue weighted by molar-refractivity contribution is 7.91. The average molecular weight is 256 g/mol. The van der Waals surface area contributed by atoms with Gasteiger partial charge in [-0.1, -0.05) is 0 Å². The maximum atomic E-state index is 11.2. The highest BCUT2D eigenvalue weighted by Crippen LogP contribution is 2.67. The number of cyclic esters (lactones) is 2. The molecule has 7 nitrogen and oxygen atoms in total. The second-order valence-corrected chi connectivity index (χ2v) is 6.29. The number of halogens is 1. The van der Waals surface area contributed by atoms with E-state index in [1.165, 1.54) is 0 Å². The second kappa shape index (κ2) is 3.66. The van der Waals surface area contributed by atoms with Crippen molar-refractivity contribution in [1.29, 1.82) is 0 Å². The Morgan fingerprint density at radius 3 is 1.80 bits per heavy atom. The van der Waals surface area contributed by atoms with Crippen LogP contribution in [0.1, 0.15) is 0 Å². The number of rotatable bonds is 2. The summed E-state index contributed by atoms with van der Waals surface area (Å²) in [4.78, 5) is 32.4. The standard InChI is InChI=1S/C6H9ClN2O5P/c7-15(12,8-1-3-13-5(8)10)9-2-4-14-6(9)11/h12H,1-4H2/q+1. The van der Waals surface area contributed by atoms with E-state index in [9.17, 15) is 14.5 Å². The molecule has 0 aromatic heterocycles. The minimum atomic E-state index is -3.46. The van der Waals surface area contributed by atoms with Gasteiger partial charge in [0.1, 0.15) is 26.3 Å². The lowest BCUT2D eigenvalue weighted by Gasteiger charge is -2.22. The van der Waals surface area contributed by atoms with Crippen molar-refractivity contribution in [2.45, 2.75) is 0 Å². The number of hydrogen-bond acceptors (Lipinski definition) is 5. The predicted octanol–water partition coefficient (Wildman–Crippen LogP) is 0.800. The highest BCUT2D eigenvalue weighted by atomic mass is 35.7. The van der Waals surface area contributed by atoms with Gasteiger partial charge in [-0.2, -0.15) is 4.89 Å². The van der Waals surface area contributed by atoms with Gasteiger partial charge in [0.25, 0.3) is 0 Å². The first-order valence-corrected chi connectivity index (χ1v) is 6.79. The molecule has 0 spiro atoms. The molecule has 0 unspecified atom stereocenters. The Morgan fingerprint density at radius 1 is 1.13 bits per heavy atom. The Bertz CT molecular complexity index is 284. The lowest BCUT2D eigenvalue weighted by molar-refractivity contribution is 0.164. The van der Waals surface area contributed by atoms with E-state index in [0.717, 1.165) is 9.34 Å². The third-order valence-corrected chi connectivity index (χ3v) is 5.14. The van der Waals surface area contributed by atoms with E-state index in [1.807, 2.05) is 0 Å². The fraction of sp³-hybridized carbons (Fsp3) is 0.667. The maximum absolute atomic E-state index is 11.2. The summed E-state index contributed by atoms with van der Waals surface area (Å²) in [7, 11) is -3.46. The van der Waals surface area contributed by atoms with E-state index < -0.39 is 19.3 Å². The molecule has 0 aromatic carbocycles. The number of carbonyl (C=O) groups excluding carboxylic acids is 2. The maximum Gasteiger partial charge on any atom is 0.450 e. The van der Waals surface area contributed by atoms with Crippen LogP contribution in [0.4, 0.5) is 9.59 Å². The number of hydrogen-bond donors (Lipinski definition) is 1. The van der Waals surface area contributed by atoms with Crippen molar-refractivity contribution in [2.75, 3.05) is 26.3 Å². The smallest absolute Gasteiger partial charge is 0.445 e. The monoisotopic (exact) mass is 255 g/mol. The normalized spacial score (nSPS) is 22.0. The van der Waals surface area contributed by atoms with E-state index in [0.29, 0.717) is 0 Å². The van der Waals surface area contributed by atoms with Gasteiger partial charge >= 0.3 is 19.3 Å². The summed E-state index contributed by atoms with van der Waals surface area (Å²) in [5, 5.41) is 0. The SMILES string of the molecule is O=C1OCCN1[P+](O)(Cl)N1CCOC1=O. The van der Waals surface area contributed by atoms with Gasteiger partial charge in [0.2, 0.25) is 0 Å². The molecule has 2 fully saturated rings. The van der Waals surface area contributed by atoms with Gasteiger partial charge in [-0.15, -0.1) is 9.34 Å². The van der Waals surface area contributed by atoms with Crippen molar-refractivity contribution in [3.05, 3.63) is 0 Å². The van der Waals surface area contributed by atoms with Crippen LogP contribution in [0.5, 0.6) is 0 Å². The van der Waals surface area contributed by atoms with Crippen LogP contribution in [0.25, 0.3) is 0 Å². The molecule has 15 heavy (non-hydrogen) atoms. The van der Waals surface area contributed by atoms with Crippen molar-refractivity contribution in [1.82, 2.24) is 9.34 Å². The largest absolute Gasteiger partial charge is 0.450 e. The summed E-state index contributed by atoms with van der Waals surface area (Å²) in [5.41, 5.74) is 0. The lowest BCUT2D eigenvalue weighted by Crippen LogP contribution is -2.34. The molecule has 0 aliphatic carbocycles. The van der Waals surface area contributed by atoms with E-state index >= 15 is 0 Å². The van der Waals surface area contributed by atoms with E-state index in [2.05, 4.69) is 9.47 Å². The third kappa shape index (κ3) is 1.71. The zero-order valence-electron chi connectivity index (χ0n) is 7.63. The van der Waals surface area contributed by atoms with Crippen LogP contribution in [0, 0.1) is 0 Å². The molecule has 2 aliphatic heterocycles. The molecule has 2 saturated heterocycles. The summed E-state index contributed by atoms with van der Waals surface area (Å²) >= 11 is 5.86. The number of amides is 2. The van der Waals surface area contributed by atoms with E-state index in [1.54, 1.807) is 0 Å². The number of carbonyl (C=O) groups is 2. The fourth-order valence-corrected chi connectivity index (χ4v) is 3.65. The van der Waals surface area contributed by atoms with Crippen LogP contribution < -0.4 is 0 Å². The molecule has 2 heterocycles. The zero-order valence-corrected chi connectivity index (χ0v) is 9.28. The minimum Gasteiger partial charge on any atom is -0.445 e. The molecule has 9 heteroatoms. The van der Waals surface area contributed by atoms with Crippen LogP contribution in [-0.2, 0) is 9.47 Å². The minimum absolute atomic E-state index is 0.163. The van der Waals surface area contributed by atoms with Crippen molar-refractivity contribution >= 4 is 30.6 Å². The quantitative estimate of drug-likeness (QED) is 0.738. The van der Waals surface area contributed by atoms with Crippen LogP contribution in [-0.4, -0.2) is 52.7 Å². The molecule has 0 saturated carbocycles. The van der Waals surface area contributed by atoms with Gasteiger partial charge < -0.3 is 9.47 Å². The van der Waals surface area contributed by atoms with Gasteiger partial charge in [0.15, 0.2) is 11.2 Å². The van der Waals surface area contributed by atoms with Crippen molar-refractivity contribution in [2.24, 2.45) is 0 Å². The predicted molar refractivity (Wildman–Crippen MR) is 51.1 cm³/mol. The molecular formula is C6H9ClN2O5P+. The molecule has 0 bridgehead atoms. The molecule has 2 amide bonds. The molecule has 0 radical (unpaired) electrons. The summed E-state index contributed by atoms with van der Waals surface area (Å²) < 4.78 is 11.2. The average Bonchev–Trinajstić information content (AvgIpc) is 2.73. The van der Waals surface area contributed by atoms with Crippen LogP contribution in [0.15, 0.2) is 0 Å². The van der Waals surface area contributed by atoms with Crippen LogP contribution in [0.3, 0.4) is 0 Å². The lowest BCUT2D eigenvalue weighted by atomic mass is 10.7. The Labute approximate surface area is 90.8 Å². The van der Waals surface area contributed by atoms with Crippen molar-refractivity contribution < 1.29 is 24.0 Å². The van der Waals surface area contributed by atoms with Gasteiger partial charge in [-0.25, -0.2) is 9.59 Å². The highest BCUT2D eigenvalue weighted by Gasteiger charge is 2.59. The Kier molecular flexibility index (Phi) is 2.62. The summed E-state index contributed by atoms with van der Waals surface area (Å²) in [6.07, 6.45) is -1.42. The number of nitrogens with zero attached hydrogens (tertiary/aromatic N) is 2. The first-order chi connectivity index (χ1) is 7.03. The number of ether oxygens (including phenoxy) is 2. The van der Waals surface area contributed by atoms with Crippen molar-refractivity contribution in [3.8, 4) is 0 Å². The molecular weight excluding hydrogens is 247 g/mol. The van der Waals surface area contributed by atoms with Crippen LogP contribution >= 0.6 is 18.4 Å². The first kappa shape index (κ1) is 10.7. The van der Waals surface area contributed by atoms with Gasteiger partial charge in [-0.3, -0.25) is 0 Å². The summed E-state index contributed by atoms with van der Waals surface area (Å²) in [6.45, 7) is 0.681. The second-order valence-electron chi connectivity index (χ2n) is 2.97. The van der Waals surface area contributed by atoms with E-state index in [4.69, 9.17) is 11.2 Å². The summed E-state index contributed by atoms with van der Waals surface area (Å²) in [5.74, 6) is 0. The topological polar surface area (TPSA) is 79.3 Å². The Balaban J connectivity index is 2.17.